The van der Waals surface area contributed by atoms with Crippen LogP contribution in [0.15, 0.2) is 142 Å². The summed E-state index contributed by atoms with van der Waals surface area (Å²) in [6, 6.07) is 31.3. The van der Waals surface area contributed by atoms with Crippen LogP contribution in [0, 0.1) is 0 Å². The number of carbonyl (C=O) groups excluding carboxylic acids is 2. The molecule has 3 aromatic carbocycles. The fraction of sp³-hybridized carbons (Fsp3) is 0.339. The molecule has 0 aliphatic rings. The molecule has 386 valence electrons. The molecule has 0 aliphatic heterocycles. The van der Waals surface area contributed by atoms with Crippen LogP contribution in [0.3, 0.4) is 0 Å². The number of likely N-dealkylation sites (N-methyl/N-ethyl adjacent to an activating group) is 2. The summed E-state index contributed by atoms with van der Waals surface area (Å²) >= 11 is 0. The van der Waals surface area contributed by atoms with Gasteiger partial charge in [-0.25, -0.2) is 19.0 Å². The van der Waals surface area contributed by atoms with E-state index in [2.05, 4.69) is 45.6 Å². The second-order valence-corrected chi connectivity index (χ2v) is 17.2. The van der Waals surface area contributed by atoms with Crippen LogP contribution in [0.2, 0.25) is 0 Å². The lowest BCUT2D eigenvalue weighted by Gasteiger charge is -2.31. The van der Waals surface area contributed by atoms with Gasteiger partial charge >= 0.3 is 11.9 Å². The summed E-state index contributed by atoms with van der Waals surface area (Å²) < 4.78 is 13.3. The fourth-order valence-electron chi connectivity index (χ4n) is 7.62. The van der Waals surface area contributed by atoms with Gasteiger partial charge in [-0.2, -0.15) is 10.2 Å². The van der Waals surface area contributed by atoms with Crippen LogP contribution in [0.1, 0.15) is 91.0 Å². The first-order valence-corrected chi connectivity index (χ1v) is 24.2. The van der Waals surface area contributed by atoms with Crippen LogP contribution < -0.4 is 21.8 Å². The maximum Gasteiger partial charge on any atom is 0.338 e. The van der Waals surface area contributed by atoms with Gasteiger partial charge in [0.15, 0.2) is 11.6 Å². The van der Waals surface area contributed by atoms with Gasteiger partial charge < -0.3 is 29.9 Å². The summed E-state index contributed by atoms with van der Waals surface area (Å²) in [5.41, 5.74) is 4.74. The Morgan fingerprint density at radius 2 is 1.22 bits per heavy atom. The standard InChI is InChI=1S/C26H27N5O3.C23H29N5O3.C5H9N.C2H6/c1-30(2)22(16-28-24-23-21(10-7-15-27-23)25(32)31(3)29-24)19-11-13-20(14-12-19)26(33)34-17-18-8-5-4-6-9-18;1-14(2)31-23(30)17-11-9-16(10-12-17)20(27(4)5)15(3)25-21-19-18(8-7-13-24-19)22(29)28(6)26-21;1-3-4-5-6-2;1-2/h4-15,22H,16-17H2,1-3H3,(H,28,29);7-15,20H,1-6H3,(H,25,26);3-5H,1-2H3;1-2H3/b;;4-3-,6-5?;/t;15-,20?;;/m.0../s1. The SMILES string of the molecule is C/C=C\C=NC.CC.CC(C)OC(=O)c1ccc(C([C@H](C)Nc2nn(C)c(=O)c3cccnc23)N(C)C)cc1.CN(C)C(CNc1nn(C)c(=O)c2cccnc12)c1ccc(C(=O)OCc2ccccc2)cc1. The molecule has 0 radical (unpaired) electrons. The Kier molecular flexibility index (Phi) is 22.8. The van der Waals surface area contributed by atoms with Crippen molar-refractivity contribution in [3.8, 4) is 0 Å². The Hall–Kier alpha value is -7.89. The number of nitrogens with one attached hydrogen (secondary N) is 2. The molecule has 73 heavy (non-hydrogen) atoms. The molecule has 0 spiro atoms. The molecule has 4 aromatic heterocycles. The van der Waals surface area contributed by atoms with Crippen molar-refractivity contribution in [3.05, 3.63) is 176 Å². The largest absolute Gasteiger partial charge is 0.459 e. The van der Waals surface area contributed by atoms with Gasteiger partial charge in [-0.05, 0) is 127 Å². The van der Waals surface area contributed by atoms with E-state index >= 15 is 0 Å². The molecule has 17 heteroatoms. The number of esters is 2. The van der Waals surface area contributed by atoms with Crippen LogP contribution in [0.4, 0.5) is 11.6 Å². The van der Waals surface area contributed by atoms with Gasteiger partial charge in [-0.15, -0.1) is 0 Å². The molecule has 17 nitrogen and oxygen atoms in total. The third kappa shape index (κ3) is 16.3. The molecular formula is C56H71N11O6. The van der Waals surface area contributed by atoms with E-state index in [-0.39, 0.29) is 53.9 Å². The minimum absolute atomic E-state index is 0.00724. The van der Waals surface area contributed by atoms with Gasteiger partial charge in [0.05, 0.1) is 40.1 Å². The maximum absolute atomic E-state index is 12.4. The molecule has 0 saturated carbocycles. The number of allylic oxidation sites excluding steroid dienone is 2. The summed E-state index contributed by atoms with van der Waals surface area (Å²) in [5, 5.41) is 16.6. The average Bonchev–Trinajstić information content (AvgIpc) is 3.39. The first kappa shape index (κ1) is 57.7. The molecule has 0 aliphatic carbocycles. The van der Waals surface area contributed by atoms with Crippen LogP contribution in [-0.2, 0) is 30.2 Å². The number of aryl methyl sites for hydroxylation is 2. The van der Waals surface area contributed by atoms with Crippen LogP contribution in [-0.4, -0.2) is 111 Å². The highest BCUT2D eigenvalue weighted by molar-refractivity contribution is 5.90. The van der Waals surface area contributed by atoms with E-state index in [1.807, 2.05) is 136 Å². The van der Waals surface area contributed by atoms with Crippen molar-refractivity contribution in [3.63, 3.8) is 0 Å². The summed E-state index contributed by atoms with van der Waals surface area (Å²) in [4.78, 5) is 65.9. The predicted octanol–water partition coefficient (Wildman–Crippen LogP) is 8.69. The van der Waals surface area contributed by atoms with E-state index in [0.717, 1.165) is 16.7 Å². The molecule has 4 heterocycles. The number of aromatic nitrogens is 6. The van der Waals surface area contributed by atoms with Crippen molar-refractivity contribution in [1.82, 2.24) is 39.3 Å². The number of hydrogen-bond donors (Lipinski definition) is 2. The first-order chi connectivity index (χ1) is 35.0. The highest BCUT2D eigenvalue weighted by Gasteiger charge is 2.24. The fourth-order valence-corrected chi connectivity index (χ4v) is 7.62. The van der Waals surface area contributed by atoms with Crippen molar-refractivity contribution in [2.45, 2.75) is 72.4 Å². The van der Waals surface area contributed by atoms with Crippen LogP contribution >= 0.6 is 0 Å². The normalized spacial score (nSPS) is 12.3. The number of fused-ring (bicyclic) bond motifs is 2. The zero-order chi connectivity index (χ0) is 53.6. The first-order valence-electron chi connectivity index (χ1n) is 24.2. The maximum atomic E-state index is 12.4. The molecule has 7 rings (SSSR count). The lowest BCUT2D eigenvalue weighted by molar-refractivity contribution is 0.0377. The average molecular weight is 994 g/mol. The van der Waals surface area contributed by atoms with Gasteiger partial charge in [-0.3, -0.25) is 24.5 Å². The topological polar surface area (TPSA) is 191 Å². The molecular weight excluding hydrogens is 923 g/mol. The zero-order valence-electron chi connectivity index (χ0n) is 44.4. The second-order valence-electron chi connectivity index (χ2n) is 17.2. The Balaban J connectivity index is 0.000000277. The lowest BCUT2D eigenvalue weighted by atomic mass is 9.98. The molecule has 7 aromatic rings. The number of carbonyl (C=O) groups is 2. The van der Waals surface area contributed by atoms with Crippen molar-refractivity contribution < 1.29 is 19.1 Å². The Bertz CT molecular complexity index is 3020. The number of ether oxygens (including phenoxy) is 2. The van der Waals surface area contributed by atoms with Crippen LogP contribution in [0.5, 0.6) is 0 Å². The lowest BCUT2D eigenvalue weighted by Crippen LogP contribution is -2.35. The van der Waals surface area contributed by atoms with Gasteiger partial charge in [0, 0.05) is 52.3 Å². The number of rotatable bonds is 16. The highest BCUT2D eigenvalue weighted by Crippen LogP contribution is 2.27. The quantitative estimate of drug-likeness (QED) is 0.0690. The second kappa shape index (κ2) is 28.8. The number of aliphatic imine (C=N–C) groups is 1. The minimum atomic E-state index is -0.359. The Morgan fingerprint density at radius 3 is 1.71 bits per heavy atom. The zero-order valence-corrected chi connectivity index (χ0v) is 44.4. The molecule has 2 N–H and O–H groups in total. The van der Waals surface area contributed by atoms with Crippen molar-refractivity contribution in [1.29, 1.82) is 0 Å². The summed E-state index contributed by atoms with van der Waals surface area (Å²) in [6.07, 6.45) is 8.71. The third-order valence-electron chi connectivity index (χ3n) is 11.1. The van der Waals surface area contributed by atoms with Gasteiger partial charge in [0.1, 0.15) is 17.6 Å². The number of anilines is 2. The molecule has 0 saturated heterocycles. The number of pyridine rings is 2. The number of hydrogen-bond acceptors (Lipinski definition) is 15. The highest BCUT2D eigenvalue weighted by atomic mass is 16.5. The van der Waals surface area contributed by atoms with E-state index in [9.17, 15) is 19.2 Å². The van der Waals surface area contributed by atoms with E-state index in [1.165, 1.54) is 9.36 Å². The monoisotopic (exact) mass is 994 g/mol. The van der Waals surface area contributed by atoms with E-state index in [0.29, 0.717) is 51.1 Å². The van der Waals surface area contributed by atoms with Crippen LogP contribution in [0.25, 0.3) is 21.8 Å². The summed E-state index contributed by atoms with van der Waals surface area (Å²) in [6.45, 7) is 12.4. The molecule has 3 atom stereocenters. The number of nitrogens with zero attached hydrogens (tertiary/aromatic N) is 9. The Labute approximate surface area is 428 Å². The summed E-state index contributed by atoms with van der Waals surface area (Å²) in [7, 11) is 13.0. The summed E-state index contributed by atoms with van der Waals surface area (Å²) in [5.74, 6) is 0.405. The molecule has 2 unspecified atom stereocenters. The van der Waals surface area contributed by atoms with Crippen molar-refractivity contribution in [2.24, 2.45) is 19.1 Å². The molecule has 0 bridgehead atoms. The van der Waals surface area contributed by atoms with E-state index in [1.54, 1.807) is 88.3 Å². The third-order valence-corrected chi connectivity index (χ3v) is 11.1. The van der Waals surface area contributed by atoms with Gasteiger partial charge in [0.25, 0.3) is 11.1 Å². The molecule has 0 fully saturated rings. The minimum Gasteiger partial charge on any atom is -0.459 e. The predicted molar refractivity (Wildman–Crippen MR) is 294 cm³/mol. The van der Waals surface area contributed by atoms with Crippen molar-refractivity contribution >= 4 is 51.6 Å². The smallest absolute Gasteiger partial charge is 0.338 e. The van der Waals surface area contributed by atoms with Crippen molar-refractivity contribution in [2.75, 3.05) is 52.4 Å². The van der Waals surface area contributed by atoms with E-state index < -0.39 is 0 Å². The van der Waals surface area contributed by atoms with Gasteiger partial charge in [0.2, 0.25) is 0 Å². The Morgan fingerprint density at radius 1 is 0.699 bits per heavy atom. The number of benzene rings is 3. The molecule has 0 amide bonds. The van der Waals surface area contributed by atoms with E-state index in [4.69, 9.17) is 9.47 Å². The van der Waals surface area contributed by atoms with Gasteiger partial charge in [-0.1, -0.05) is 74.5 Å².